The van der Waals surface area contributed by atoms with Crippen molar-refractivity contribution in [3.8, 4) is 5.75 Å². The van der Waals surface area contributed by atoms with Gasteiger partial charge in [0.2, 0.25) is 0 Å². The average Bonchev–Trinajstić information content (AvgIpc) is 2.43. The molecule has 0 aliphatic rings. The summed E-state index contributed by atoms with van der Waals surface area (Å²) in [5.41, 5.74) is 5.67. The molecule has 4 nitrogen and oxygen atoms in total. The fourth-order valence-corrected chi connectivity index (χ4v) is 2.19. The van der Waals surface area contributed by atoms with Crippen LogP contribution in [0, 0.1) is 0 Å². The zero-order chi connectivity index (χ0) is 15.0. The van der Waals surface area contributed by atoms with Gasteiger partial charge in [-0.1, -0.05) is 41.8 Å². The summed E-state index contributed by atoms with van der Waals surface area (Å²) in [5.74, 6) is 0.538. The van der Waals surface area contributed by atoms with Gasteiger partial charge < -0.3 is 15.8 Å². The monoisotopic (exact) mass is 378 g/mol. The molecule has 0 heterocycles. The van der Waals surface area contributed by atoms with Gasteiger partial charge in [0.15, 0.2) is 6.10 Å². The number of nitrogens with two attached hydrogens (primary N) is 1. The minimum Gasteiger partial charge on any atom is -0.481 e. The molecule has 0 bridgehead atoms. The summed E-state index contributed by atoms with van der Waals surface area (Å²) in [6.07, 6.45) is 2.52. The van der Waals surface area contributed by atoms with Gasteiger partial charge in [-0.15, -0.1) is 12.4 Å². The SMILES string of the molecule is CCCCC(CN)NC(=O)C(C)Oc1cccc(Br)c1.Cl. The fourth-order valence-electron chi connectivity index (χ4n) is 1.82. The van der Waals surface area contributed by atoms with E-state index in [1.807, 2.05) is 24.3 Å². The number of hydrogen-bond donors (Lipinski definition) is 2. The van der Waals surface area contributed by atoms with Crippen LogP contribution < -0.4 is 15.8 Å². The molecule has 0 radical (unpaired) electrons. The predicted molar refractivity (Wildman–Crippen MR) is 92.0 cm³/mol. The van der Waals surface area contributed by atoms with Crippen molar-refractivity contribution in [2.24, 2.45) is 5.73 Å². The maximum Gasteiger partial charge on any atom is 0.261 e. The van der Waals surface area contributed by atoms with Gasteiger partial charge in [0, 0.05) is 17.1 Å². The highest BCUT2D eigenvalue weighted by molar-refractivity contribution is 9.10. The third-order valence-corrected chi connectivity index (χ3v) is 3.51. The Labute approximate surface area is 141 Å². The molecule has 2 atom stereocenters. The van der Waals surface area contributed by atoms with Crippen LogP contribution in [-0.4, -0.2) is 24.6 Å². The lowest BCUT2D eigenvalue weighted by Crippen LogP contribution is -2.45. The normalized spacial score (nSPS) is 13.0. The molecule has 120 valence electrons. The van der Waals surface area contributed by atoms with Crippen molar-refractivity contribution in [3.63, 3.8) is 0 Å². The molecule has 0 spiro atoms. The second-order valence-corrected chi connectivity index (χ2v) is 5.72. The topological polar surface area (TPSA) is 64.3 Å². The quantitative estimate of drug-likeness (QED) is 0.728. The molecule has 2 unspecified atom stereocenters. The molecule has 0 aliphatic carbocycles. The van der Waals surface area contributed by atoms with Crippen molar-refractivity contribution in [3.05, 3.63) is 28.7 Å². The van der Waals surface area contributed by atoms with Crippen molar-refractivity contribution in [2.75, 3.05) is 6.54 Å². The summed E-state index contributed by atoms with van der Waals surface area (Å²) in [4.78, 5) is 12.1. The average molecular weight is 380 g/mol. The molecule has 1 rings (SSSR count). The van der Waals surface area contributed by atoms with E-state index in [0.717, 1.165) is 23.7 Å². The first kappa shape index (κ1) is 20.2. The first-order chi connectivity index (χ1) is 9.56. The Morgan fingerprint density at radius 1 is 1.48 bits per heavy atom. The van der Waals surface area contributed by atoms with Crippen LogP contribution in [0.3, 0.4) is 0 Å². The minimum absolute atomic E-state index is 0. The van der Waals surface area contributed by atoms with Gasteiger partial charge in [-0.3, -0.25) is 4.79 Å². The Morgan fingerprint density at radius 2 is 2.19 bits per heavy atom. The summed E-state index contributed by atoms with van der Waals surface area (Å²) in [6, 6.07) is 7.46. The van der Waals surface area contributed by atoms with Gasteiger partial charge >= 0.3 is 0 Å². The zero-order valence-corrected chi connectivity index (χ0v) is 14.9. The number of carbonyl (C=O) groups is 1. The van der Waals surface area contributed by atoms with Crippen molar-refractivity contribution >= 4 is 34.2 Å². The largest absolute Gasteiger partial charge is 0.481 e. The summed E-state index contributed by atoms with van der Waals surface area (Å²) in [7, 11) is 0. The highest BCUT2D eigenvalue weighted by Gasteiger charge is 2.18. The van der Waals surface area contributed by atoms with Crippen LogP contribution in [0.4, 0.5) is 0 Å². The number of carbonyl (C=O) groups excluding carboxylic acids is 1. The third kappa shape index (κ3) is 7.69. The van der Waals surface area contributed by atoms with Gasteiger partial charge in [-0.25, -0.2) is 0 Å². The minimum atomic E-state index is -0.542. The number of ether oxygens (including phenoxy) is 1. The number of unbranched alkanes of at least 4 members (excludes halogenated alkanes) is 1. The number of rotatable bonds is 8. The number of hydrogen-bond acceptors (Lipinski definition) is 3. The van der Waals surface area contributed by atoms with E-state index in [1.54, 1.807) is 6.92 Å². The number of benzene rings is 1. The van der Waals surface area contributed by atoms with Crippen LogP contribution in [0.15, 0.2) is 28.7 Å². The van der Waals surface area contributed by atoms with Crippen LogP contribution >= 0.6 is 28.3 Å². The Morgan fingerprint density at radius 3 is 2.76 bits per heavy atom. The van der Waals surface area contributed by atoms with E-state index in [1.165, 1.54) is 0 Å². The van der Waals surface area contributed by atoms with E-state index in [2.05, 4.69) is 28.2 Å². The molecule has 0 aliphatic heterocycles. The summed E-state index contributed by atoms with van der Waals surface area (Å²) in [6.45, 7) is 4.31. The predicted octanol–water partition coefficient (Wildman–Crippen LogP) is 3.27. The molecular formula is C15H24BrClN2O2. The lowest BCUT2D eigenvalue weighted by molar-refractivity contribution is -0.128. The van der Waals surface area contributed by atoms with Crippen LogP contribution in [0.5, 0.6) is 5.75 Å². The number of nitrogens with one attached hydrogen (secondary N) is 1. The standard InChI is InChI=1S/C15H23BrN2O2.ClH/c1-3-4-7-13(10-17)18-15(19)11(2)20-14-8-5-6-12(16)9-14;/h5-6,8-9,11,13H,3-4,7,10,17H2,1-2H3,(H,18,19);1H. The number of halogens is 2. The van der Waals surface area contributed by atoms with Gasteiger partial charge in [-0.05, 0) is 31.5 Å². The van der Waals surface area contributed by atoms with Crippen molar-refractivity contribution in [2.45, 2.75) is 45.3 Å². The Kier molecular flexibility index (Phi) is 10.5. The fraction of sp³-hybridized carbons (Fsp3) is 0.533. The van der Waals surface area contributed by atoms with Crippen LogP contribution in [0.1, 0.15) is 33.1 Å². The first-order valence-electron chi connectivity index (χ1n) is 6.99. The first-order valence-corrected chi connectivity index (χ1v) is 7.78. The molecule has 0 aromatic heterocycles. The Hall–Kier alpha value is -0.780. The van der Waals surface area contributed by atoms with Gasteiger partial charge in [0.1, 0.15) is 5.75 Å². The van der Waals surface area contributed by atoms with E-state index < -0.39 is 6.10 Å². The highest BCUT2D eigenvalue weighted by Crippen LogP contribution is 2.18. The maximum atomic E-state index is 12.1. The van der Waals surface area contributed by atoms with Crippen molar-refractivity contribution < 1.29 is 9.53 Å². The van der Waals surface area contributed by atoms with Gasteiger partial charge in [-0.2, -0.15) is 0 Å². The zero-order valence-electron chi connectivity index (χ0n) is 12.5. The molecule has 1 amide bonds. The van der Waals surface area contributed by atoms with Crippen LogP contribution in [-0.2, 0) is 4.79 Å². The second kappa shape index (κ2) is 10.9. The molecule has 1 aromatic carbocycles. The summed E-state index contributed by atoms with van der Waals surface area (Å²) < 4.78 is 6.55. The Bertz CT molecular complexity index is 432. The van der Waals surface area contributed by atoms with Crippen LogP contribution in [0.25, 0.3) is 0 Å². The molecule has 0 fully saturated rings. The second-order valence-electron chi connectivity index (χ2n) is 4.80. The maximum absolute atomic E-state index is 12.1. The van der Waals surface area contributed by atoms with Gasteiger partial charge in [0.05, 0.1) is 0 Å². The summed E-state index contributed by atoms with van der Waals surface area (Å²) >= 11 is 3.37. The third-order valence-electron chi connectivity index (χ3n) is 3.02. The Balaban J connectivity index is 0.00000400. The van der Waals surface area contributed by atoms with Crippen molar-refractivity contribution in [1.29, 1.82) is 0 Å². The van der Waals surface area contributed by atoms with E-state index in [-0.39, 0.29) is 24.4 Å². The van der Waals surface area contributed by atoms with Gasteiger partial charge in [0.25, 0.3) is 5.91 Å². The molecule has 1 aromatic rings. The van der Waals surface area contributed by atoms with E-state index in [0.29, 0.717) is 12.3 Å². The molecule has 6 heteroatoms. The smallest absolute Gasteiger partial charge is 0.261 e. The molecule has 21 heavy (non-hydrogen) atoms. The number of amides is 1. The molecule has 3 N–H and O–H groups in total. The van der Waals surface area contributed by atoms with E-state index in [9.17, 15) is 4.79 Å². The van der Waals surface area contributed by atoms with Crippen molar-refractivity contribution in [1.82, 2.24) is 5.32 Å². The van der Waals surface area contributed by atoms with E-state index in [4.69, 9.17) is 10.5 Å². The summed E-state index contributed by atoms with van der Waals surface area (Å²) in [5, 5.41) is 2.94. The molecule has 0 saturated heterocycles. The lowest BCUT2D eigenvalue weighted by Gasteiger charge is -2.20. The lowest BCUT2D eigenvalue weighted by atomic mass is 10.1. The highest BCUT2D eigenvalue weighted by atomic mass is 79.9. The van der Waals surface area contributed by atoms with Crippen LogP contribution in [0.2, 0.25) is 0 Å². The van der Waals surface area contributed by atoms with E-state index >= 15 is 0 Å². The molecule has 0 saturated carbocycles. The molecular weight excluding hydrogens is 356 g/mol.